The number of rotatable bonds is 8. The molecule has 0 aliphatic heterocycles. The zero-order valence-electron chi connectivity index (χ0n) is 9.11. The van der Waals surface area contributed by atoms with Gasteiger partial charge in [-0.25, -0.2) is 0 Å². The maximum absolute atomic E-state index is 11.2. The van der Waals surface area contributed by atoms with Crippen LogP contribution in [-0.2, 0) is 4.79 Å². The van der Waals surface area contributed by atoms with Gasteiger partial charge in [-0.2, -0.15) is 0 Å². The van der Waals surface area contributed by atoms with Gasteiger partial charge in [0.2, 0.25) is 5.24 Å². The van der Waals surface area contributed by atoms with Crippen LogP contribution in [-0.4, -0.2) is 9.57 Å². The molecule has 0 amide bonds. The highest BCUT2D eigenvalue weighted by molar-refractivity contribution is 9.10. The van der Waals surface area contributed by atoms with E-state index in [4.69, 9.17) is 11.6 Å². The summed E-state index contributed by atoms with van der Waals surface area (Å²) in [7, 11) is 0. The molecule has 0 aromatic heterocycles. The third-order valence-electron chi connectivity index (χ3n) is 2.43. The first-order valence-corrected chi connectivity index (χ1v) is 6.62. The molecule has 0 aromatic carbocycles. The molecule has 0 spiro atoms. The average Bonchev–Trinajstić information content (AvgIpc) is 2.13. The van der Waals surface area contributed by atoms with Crippen LogP contribution in [0.15, 0.2) is 0 Å². The fourth-order valence-electron chi connectivity index (χ4n) is 1.55. The van der Waals surface area contributed by atoms with Gasteiger partial charge in [0.25, 0.3) is 0 Å². The van der Waals surface area contributed by atoms with Crippen molar-refractivity contribution in [3.8, 4) is 0 Å². The summed E-state index contributed by atoms with van der Waals surface area (Å²) in [6, 6.07) is 0. The van der Waals surface area contributed by atoms with Crippen LogP contribution in [0.4, 0.5) is 0 Å². The van der Waals surface area contributed by atoms with Gasteiger partial charge < -0.3 is 0 Å². The van der Waals surface area contributed by atoms with Crippen molar-refractivity contribution in [1.82, 2.24) is 0 Å². The average molecular weight is 284 g/mol. The second-order valence-corrected chi connectivity index (χ2v) is 5.66. The van der Waals surface area contributed by atoms with Crippen LogP contribution in [0.5, 0.6) is 0 Å². The molecule has 84 valence electrons. The van der Waals surface area contributed by atoms with Crippen molar-refractivity contribution >= 4 is 32.8 Å². The Morgan fingerprint density at radius 3 is 2.21 bits per heavy atom. The molecule has 1 nitrogen and oxygen atoms in total. The lowest BCUT2D eigenvalue weighted by molar-refractivity contribution is -0.114. The zero-order valence-corrected chi connectivity index (χ0v) is 11.5. The molecule has 3 heteroatoms. The molecule has 0 heterocycles. The minimum atomic E-state index is -0.461. The number of halogens is 2. The van der Waals surface area contributed by atoms with Gasteiger partial charge in [0.1, 0.15) is 0 Å². The second-order valence-electron chi connectivity index (χ2n) is 3.80. The molecule has 0 bridgehead atoms. The van der Waals surface area contributed by atoms with Crippen molar-refractivity contribution in [3.63, 3.8) is 0 Å². The zero-order chi connectivity index (χ0) is 11.0. The van der Waals surface area contributed by atoms with Crippen LogP contribution in [0.1, 0.15) is 58.8 Å². The number of carbonyl (C=O) groups excluding carboxylic acids is 1. The Kier molecular flexibility index (Phi) is 7.94. The van der Waals surface area contributed by atoms with E-state index in [0.29, 0.717) is 0 Å². The Hall–Kier alpha value is 0.440. The molecule has 0 N–H and O–H groups in total. The standard InChI is InChI=1S/C11H20BrClO/c1-3-5-6-7-9-11(12,8-4-2)10(13)14/h3-9H2,1-2H3. The summed E-state index contributed by atoms with van der Waals surface area (Å²) in [6.45, 7) is 4.25. The summed E-state index contributed by atoms with van der Waals surface area (Å²) in [6.07, 6.45) is 7.42. The summed E-state index contributed by atoms with van der Waals surface area (Å²) in [5, 5.41) is -0.240. The largest absolute Gasteiger partial charge is 0.280 e. The molecule has 0 saturated carbocycles. The van der Waals surface area contributed by atoms with E-state index in [-0.39, 0.29) is 5.24 Å². The Labute approximate surface area is 101 Å². The van der Waals surface area contributed by atoms with Crippen molar-refractivity contribution in [3.05, 3.63) is 0 Å². The van der Waals surface area contributed by atoms with Gasteiger partial charge in [-0.3, -0.25) is 4.79 Å². The van der Waals surface area contributed by atoms with E-state index in [1.54, 1.807) is 0 Å². The van der Waals surface area contributed by atoms with E-state index < -0.39 is 4.32 Å². The highest BCUT2D eigenvalue weighted by Gasteiger charge is 2.32. The lowest BCUT2D eigenvalue weighted by Gasteiger charge is -2.22. The minimum Gasteiger partial charge on any atom is -0.280 e. The maximum Gasteiger partial charge on any atom is 0.238 e. The van der Waals surface area contributed by atoms with E-state index >= 15 is 0 Å². The van der Waals surface area contributed by atoms with Crippen molar-refractivity contribution in [2.45, 2.75) is 63.1 Å². The fourth-order valence-corrected chi connectivity index (χ4v) is 2.42. The summed E-state index contributed by atoms with van der Waals surface area (Å²) in [5.41, 5.74) is 0. The second kappa shape index (κ2) is 7.70. The lowest BCUT2D eigenvalue weighted by atomic mass is 9.97. The predicted molar refractivity (Wildman–Crippen MR) is 66.2 cm³/mol. The number of unbranched alkanes of at least 4 members (excludes halogenated alkanes) is 3. The number of hydrogen-bond donors (Lipinski definition) is 0. The van der Waals surface area contributed by atoms with Gasteiger partial charge in [-0.05, 0) is 24.4 Å². The Bertz CT molecular complexity index is 173. The summed E-state index contributed by atoms with van der Waals surface area (Å²) < 4.78 is -0.461. The van der Waals surface area contributed by atoms with Crippen LogP contribution < -0.4 is 0 Å². The molecular formula is C11H20BrClO. The van der Waals surface area contributed by atoms with E-state index in [2.05, 4.69) is 29.8 Å². The van der Waals surface area contributed by atoms with Crippen LogP contribution in [0.3, 0.4) is 0 Å². The first-order valence-electron chi connectivity index (χ1n) is 5.45. The fraction of sp³-hybridized carbons (Fsp3) is 0.909. The molecule has 0 saturated heterocycles. The smallest absolute Gasteiger partial charge is 0.238 e. The molecular weight excluding hydrogens is 263 g/mol. The Morgan fingerprint density at radius 1 is 1.14 bits per heavy atom. The van der Waals surface area contributed by atoms with Crippen molar-refractivity contribution < 1.29 is 4.79 Å². The highest BCUT2D eigenvalue weighted by atomic mass is 79.9. The molecule has 1 atom stereocenters. The lowest BCUT2D eigenvalue weighted by Crippen LogP contribution is -2.27. The SMILES string of the molecule is CCCCCCC(Br)(CCC)C(=O)Cl. The monoisotopic (exact) mass is 282 g/mol. The quantitative estimate of drug-likeness (QED) is 0.360. The van der Waals surface area contributed by atoms with Gasteiger partial charge in [-0.15, -0.1) is 0 Å². The predicted octanol–water partition coefficient (Wildman–Crippen LogP) is 4.66. The first kappa shape index (κ1) is 14.4. The van der Waals surface area contributed by atoms with Gasteiger partial charge in [0, 0.05) is 0 Å². The van der Waals surface area contributed by atoms with Crippen LogP contribution in [0, 0.1) is 0 Å². The molecule has 14 heavy (non-hydrogen) atoms. The minimum absolute atomic E-state index is 0.240. The van der Waals surface area contributed by atoms with Gasteiger partial charge in [-0.1, -0.05) is 61.9 Å². The van der Waals surface area contributed by atoms with E-state index in [9.17, 15) is 4.79 Å². The van der Waals surface area contributed by atoms with Crippen LogP contribution in [0.2, 0.25) is 0 Å². The number of hydrogen-bond acceptors (Lipinski definition) is 1. The molecule has 0 aliphatic rings. The van der Waals surface area contributed by atoms with Gasteiger partial charge in [0.15, 0.2) is 0 Å². The van der Waals surface area contributed by atoms with Gasteiger partial charge >= 0.3 is 0 Å². The number of carbonyl (C=O) groups is 1. The topological polar surface area (TPSA) is 17.1 Å². The van der Waals surface area contributed by atoms with Crippen molar-refractivity contribution in [2.24, 2.45) is 0 Å². The van der Waals surface area contributed by atoms with E-state index in [0.717, 1.165) is 25.7 Å². The molecule has 0 radical (unpaired) electrons. The van der Waals surface area contributed by atoms with Crippen LogP contribution in [0.25, 0.3) is 0 Å². The molecule has 0 aliphatic carbocycles. The van der Waals surface area contributed by atoms with E-state index in [1.165, 1.54) is 19.3 Å². The third kappa shape index (κ3) is 5.35. The molecule has 0 aromatic rings. The van der Waals surface area contributed by atoms with Crippen molar-refractivity contribution in [2.75, 3.05) is 0 Å². The van der Waals surface area contributed by atoms with Crippen molar-refractivity contribution in [1.29, 1.82) is 0 Å². The molecule has 0 fully saturated rings. The molecule has 0 rings (SSSR count). The summed E-state index contributed by atoms with van der Waals surface area (Å²) in [5.74, 6) is 0. The third-order valence-corrected chi connectivity index (χ3v) is 4.17. The Balaban J connectivity index is 3.90. The molecule has 1 unspecified atom stereocenters. The Morgan fingerprint density at radius 2 is 1.79 bits per heavy atom. The maximum atomic E-state index is 11.2. The number of alkyl halides is 1. The highest BCUT2D eigenvalue weighted by Crippen LogP contribution is 2.33. The summed E-state index contributed by atoms with van der Waals surface area (Å²) in [4.78, 5) is 11.2. The summed E-state index contributed by atoms with van der Waals surface area (Å²) >= 11 is 9.07. The van der Waals surface area contributed by atoms with Gasteiger partial charge in [0.05, 0.1) is 4.32 Å². The first-order chi connectivity index (χ1) is 6.56. The van der Waals surface area contributed by atoms with Crippen LogP contribution >= 0.6 is 27.5 Å². The normalized spacial score (nSPS) is 15.1. The van der Waals surface area contributed by atoms with E-state index in [1.807, 2.05) is 0 Å².